The molecule has 0 radical (unpaired) electrons. The highest BCUT2D eigenvalue weighted by Crippen LogP contribution is 2.29. The maximum absolute atomic E-state index is 5.58. The summed E-state index contributed by atoms with van der Waals surface area (Å²) < 4.78 is 0. The van der Waals surface area contributed by atoms with E-state index in [4.69, 9.17) is 10.7 Å². The standard InChI is InChI=1S/C14H18N2S/c1-10-5-3-4-6-12(10)14-16-13(9-17-14)11(2)7-8-15/h3-6,9,11H,7-8,15H2,1-2H3. The van der Waals surface area contributed by atoms with Crippen molar-refractivity contribution < 1.29 is 0 Å². The van der Waals surface area contributed by atoms with Crippen molar-refractivity contribution in [2.24, 2.45) is 5.73 Å². The van der Waals surface area contributed by atoms with Crippen molar-refractivity contribution in [3.05, 3.63) is 40.9 Å². The van der Waals surface area contributed by atoms with E-state index < -0.39 is 0 Å². The molecule has 2 N–H and O–H groups in total. The van der Waals surface area contributed by atoms with Crippen LogP contribution in [0.1, 0.15) is 30.5 Å². The third-order valence-electron chi connectivity index (χ3n) is 3.00. The highest BCUT2D eigenvalue weighted by atomic mass is 32.1. The van der Waals surface area contributed by atoms with Crippen molar-refractivity contribution in [1.82, 2.24) is 4.98 Å². The van der Waals surface area contributed by atoms with Crippen molar-refractivity contribution in [2.75, 3.05) is 6.54 Å². The van der Waals surface area contributed by atoms with Gasteiger partial charge in [0.05, 0.1) is 5.69 Å². The molecule has 1 aromatic carbocycles. The van der Waals surface area contributed by atoms with E-state index in [1.807, 2.05) is 0 Å². The molecule has 2 nitrogen and oxygen atoms in total. The maximum Gasteiger partial charge on any atom is 0.123 e. The normalized spacial score (nSPS) is 12.6. The van der Waals surface area contributed by atoms with Crippen molar-refractivity contribution in [1.29, 1.82) is 0 Å². The Hall–Kier alpha value is -1.19. The molecule has 0 spiro atoms. The molecule has 0 saturated carbocycles. The van der Waals surface area contributed by atoms with Crippen LogP contribution in [0.5, 0.6) is 0 Å². The van der Waals surface area contributed by atoms with E-state index in [-0.39, 0.29) is 0 Å². The van der Waals surface area contributed by atoms with E-state index in [0.717, 1.165) is 18.0 Å². The first kappa shape index (κ1) is 12.3. The van der Waals surface area contributed by atoms with Gasteiger partial charge in [-0.15, -0.1) is 11.3 Å². The van der Waals surface area contributed by atoms with E-state index in [0.29, 0.717) is 5.92 Å². The second-order valence-corrected chi connectivity index (χ2v) is 5.23. The quantitative estimate of drug-likeness (QED) is 0.895. The number of hydrogen-bond acceptors (Lipinski definition) is 3. The Morgan fingerprint density at radius 1 is 1.35 bits per heavy atom. The minimum absolute atomic E-state index is 0.453. The average molecular weight is 246 g/mol. The molecular weight excluding hydrogens is 228 g/mol. The molecule has 0 saturated heterocycles. The fourth-order valence-electron chi connectivity index (χ4n) is 1.85. The van der Waals surface area contributed by atoms with Gasteiger partial charge in [-0.1, -0.05) is 31.2 Å². The van der Waals surface area contributed by atoms with Gasteiger partial charge in [0.2, 0.25) is 0 Å². The third kappa shape index (κ3) is 2.73. The second kappa shape index (κ2) is 5.43. The van der Waals surface area contributed by atoms with Crippen LogP contribution in [0.2, 0.25) is 0 Å². The highest BCUT2D eigenvalue weighted by Gasteiger charge is 2.11. The summed E-state index contributed by atoms with van der Waals surface area (Å²) in [6, 6.07) is 8.38. The van der Waals surface area contributed by atoms with Crippen LogP contribution in [0.15, 0.2) is 29.6 Å². The van der Waals surface area contributed by atoms with Crippen LogP contribution in [0.4, 0.5) is 0 Å². The van der Waals surface area contributed by atoms with Crippen LogP contribution in [-0.2, 0) is 0 Å². The van der Waals surface area contributed by atoms with Gasteiger partial charge in [0.15, 0.2) is 0 Å². The molecule has 0 aliphatic heterocycles. The average Bonchev–Trinajstić information content (AvgIpc) is 2.79. The van der Waals surface area contributed by atoms with Gasteiger partial charge in [-0.3, -0.25) is 0 Å². The Bertz CT molecular complexity index is 490. The summed E-state index contributed by atoms with van der Waals surface area (Å²) in [7, 11) is 0. The number of hydrogen-bond donors (Lipinski definition) is 1. The smallest absolute Gasteiger partial charge is 0.123 e. The molecule has 0 aliphatic rings. The van der Waals surface area contributed by atoms with Crippen LogP contribution in [0.25, 0.3) is 10.6 Å². The summed E-state index contributed by atoms with van der Waals surface area (Å²) in [5, 5.41) is 3.27. The molecule has 0 aliphatic carbocycles. The first-order chi connectivity index (χ1) is 8.22. The lowest BCUT2D eigenvalue weighted by Crippen LogP contribution is -2.04. The summed E-state index contributed by atoms with van der Waals surface area (Å²) in [6.45, 7) is 5.03. The summed E-state index contributed by atoms with van der Waals surface area (Å²) in [5.41, 5.74) is 9.27. The van der Waals surface area contributed by atoms with Crippen LogP contribution in [0.3, 0.4) is 0 Å². The fourth-order valence-corrected chi connectivity index (χ4v) is 2.88. The number of nitrogens with two attached hydrogens (primary N) is 1. The molecule has 2 rings (SSSR count). The summed E-state index contributed by atoms with van der Waals surface area (Å²) >= 11 is 1.72. The van der Waals surface area contributed by atoms with Gasteiger partial charge < -0.3 is 5.73 Å². The number of rotatable bonds is 4. The molecule has 0 fully saturated rings. The van der Waals surface area contributed by atoms with Crippen LogP contribution >= 0.6 is 11.3 Å². The summed E-state index contributed by atoms with van der Waals surface area (Å²) in [4.78, 5) is 4.72. The number of aryl methyl sites for hydroxylation is 1. The van der Waals surface area contributed by atoms with E-state index in [1.54, 1.807) is 11.3 Å². The molecule has 3 heteroatoms. The topological polar surface area (TPSA) is 38.9 Å². The Balaban J connectivity index is 2.27. The lowest BCUT2D eigenvalue weighted by atomic mass is 10.1. The zero-order valence-electron chi connectivity index (χ0n) is 10.3. The van der Waals surface area contributed by atoms with Gasteiger partial charge in [-0.2, -0.15) is 0 Å². The van der Waals surface area contributed by atoms with Crippen molar-refractivity contribution in [3.8, 4) is 10.6 Å². The summed E-state index contributed by atoms with van der Waals surface area (Å²) in [5.74, 6) is 0.453. The highest BCUT2D eigenvalue weighted by molar-refractivity contribution is 7.13. The minimum atomic E-state index is 0.453. The van der Waals surface area contributed by atoms with Crippen molar-refractivity contribution >= 4 is 11.3 Å². The molecule has 0 bridgehead atoms. The van der Waals surface area contributed by atoms with Gasteiger partial charge in [0.1, 0.15) is 5.01 Å². The first-order valence-corrected chi connectivity index (χ1v) is 6.82. The molecule has 17 heavy (non-hydrogen) atoms. The molecule has 90 valence electrons. The lowest BCUT2D eigenvalue weighted by molar-refractivity contribution is 0.675. The fraction of sp³-hybridized carbons (Fsp3) is 0.357. The van der Waals surface area contributed by atoms with E-state index in [2.05, 4.69) is 43.5 Å². The Morgan fingerprint density at radius 3 is 2.82 bits per heavy atom. The SMILES string of the molecule is Cc1ccccc1-c1nc(C(C)CCN)cs1. The molecule has 1 aromatic heterocycles. The van der Waals surface area contributed by atoms with Gasteiger partial charge in [0.25, 0.3) is 0 Å². The molecule has 1 atom stereocenters. The Morgan fingerprint density at radius 2 is 2.12 bits per heavy atom. The largest absolute Gasteiger partial charge is 0.330 e. The molecule has 1 heterocycles. The third-order valence-corrected chi connectivity index (χ3v) is 3.90. The Kier molecular flexibility index (Phi) is 3.92. The van der Waals surface area contributed by atoms with Gasteiger partial charge in [-0.25, -0.2) is 4.98 Å². The number of thiazole rings is 1. The second-order valence-electron chi connectivity index (χ2n) is 4.37. The van der Waals surface area contributed by atoms with Crippen molar-refractivity contribution in [3.63, 3.8) is 0 Å². The zero-order chi connectivity index (χ0) is 12.3. The van der Waals surface area contributed by atoms with Crippen molar-refractivity contribution in [2.45, 2.75) is 26.2 Å². The van der Waals surface area contributed by atoms with Gasteiger partial charge in [-0.05, 0) is 25.5 Å². The number of nitrogens with zero attached hydrogens (tertiary/aromatic N) is 1. The monoisotopic (exact) mass is 246 g/mol. The van der Waals surface area contributed by atoms with Gasteiger partial charge >= 0.3 is 0 Å². The van der Waals surface area contributed by atoms with E-state index >= 15 is 0 Å². The molecule has 1 unspecified atom stereocenters. The molecular formula is C14H18N2S. The maximum atomic E-state index is 5.58. The zero-order valence-corrected chi connectivity index (χ0v) is 11.1. The summed E-state index contributed by atoms with van der Waals surface area (Å²) in [6.07, 6.45) is 0.997. The lowest BCUT2D eigenvalue weighted by Gasteiger charge is -2.05. The van der Waals surface area contributed by atoms with E-state index in [9.17, 15) is 0 Å². The van der Waals surface area contributed by atoms with E-state index in [1.165, 1.54) is 16.8 Å². The van der Waals surface area contributed by atoms with Crippen LogP contribution < -0.4 is 5.73 Å². The number of benzene rings is 1. The van der Waals surface area contributed by atoms with Crippen LogP contribution in [0, 0.1) is 6.92 Å². The van der Waals surface area contributed by atoms with Gasteiger partial charge in [0, 0.05) is 16.9 Å². The minimum Gasteiger partial charge on any atom is -0.330 e. The predicted molar refractivity (Wildman–Crippen MR) is 74.4 cm³/mol. The predicted octanol–water partition coefficient (Wildman–Crippen LogP) is 3.57. The first-order valence-electron chi connectivity index (χ1n) is 5.94. The van der Waals surface area contributed by atoms with Crippen LogP contribution in [-0.4, -0.2) is 11.5 Å². The molecule has 0 amide bonds. The number of aromatic nitrogens is 1. The Labute approximate surface area is 107 Å². The molecule has 2 aromatic rings.